The minimum Gasteiger partial charge on any atom is -0.396 e. The summed E-state index contributed by atoms with van der Waals surface area (Å²) in [4.78, 5) is 12.0. The quantitative estimate of drug-likeness (QED) is 0.288. The zero-order valence-electron chi connectivity index (χ0n) is 13.5. The fourth-order valence-corrected chi connectivity index (χ4v) is 2.35. The van der Waals surface area contributed by atoms with E-state index in [-0.39, 0.29) is 6.61 Å². The third-order valence-electron chi connectivity index (χ3n) is 3.81. The molecule has 0 unspecified atom stereocenters. The van der Waals surface area contributed by atoms with E-state index in [1.807, 2.05) is 12.3 Å². The normalized spacial score (nSPS) is 14.8. The van der Waals surface area contributed by atoms with Gasteiger partial charge in [0.25, 0.3) is 0 Å². The number of aromatic nitrogens is 3. The molecule has 0 saturated heterocycles. The molecule has 130 valence electrons. The van der Waals surface area contributed by atoms with Crippen LogP contribution in [0.3, 0.4) is 0 Å². The molecule has 1 saturated carbocycles. The van der Waals surface area contributed by atoms with Gasteiger partial charge in [0.2, 0.25) is 5.95 Å². The highest BCUT2D eigenvalue weighted by Gasteiger charge is 2.21. The van der Waals surface area contributed by atoms with Gasteiger partial charge in [-0.15, -0.1) is 0 Å². The van der Waals surface area contributed by atoms with Gasteiger partial charge < -0.3 is 31.5 Å². The Balaban J connectivity index is 1.72. The smallest absolute Gasteiger partial charge is 0.232 e. The van der Waals surface area contributed by atoms with Crippen LogP contribution in [0.5, 0.6) is 0 Å². The largest absolute Gasteiger partial charge is 0.396 e. The number of anilines is 2. The number of aliphatic hydroxyl groups is 1. The monoisotopic (exact) mass is 332 g/mol. The molecule has 0 amide bonds. The fourth-order valence-electron chi connectivity index (χ4n) is 2.35. The van der Waals surface area contributed by atoms with E-state index < -0.39 is 0 Å². The first-order valence-electron chi connectivity index (χ1n) is 8.11. The number of hydrogen-bond donors (Lipinski definition) is 6. The molecule has 24 heavy (non-hydrogen) atoms. The van der Waals surface area contributed by atoms with Crippen LogP contribution >= 0.6 is 0 Å². The molecule has 2 aromatic rings. The van der Waals surface area contributed by atoms with Crippen LogP contribution in [-0.2, 0) is 0 Å². The Morgan fingerprint density at radius 1 is 1.46 bits per heavy atom. The van der Waals surface area contributed by atoms with Crippen LogP contribution in [0.4, 0.5) is 11.8 Å². The first-order chi connectivity index (χ1) is 11.7. The second kappa shape index (κ2) is 7.37. The maximum absolute atomic E-state index is 8.81. The SMILES string of the molecule is N/C(=C\N(N)CCCO)Nc1nc(NCC2CC2)c2cc[nH]c2n1. The number of fused-ring (bicyclic) bond motifs is 1. The number of aliphatic hydroxyl groups excluding tert-OH is 1. The topological polar surface area (TPSA) is 141 Å². The molecule has 1 fully saturated rings. The van der Waals surface area contributed by atoms with Gasteiger partial charge in [-0.2, -0.15) is 9.97 Å². The molecule has 9 nitrogen and oxygen atoms in total. The summed E-state index contributed by atoms with van der Waals surface area (Å²) < 4.78 is 0. The van der Waals surface area contributed by atoms with Gasteiger partial charge in [-0.05, 0) is 31.2 Å². The van der Waals surface area contributed by atoms with Gasteiger partial charge in [0.05, 0.1) is 11.6 Å². The molecule has 3 rings (SSSR count). The van der Waals surface area contributed by atoms with Crippen molar-refractivity contribution in [1.29, 1.82) is 0 Å². The highest BCUT2D eigenvalue weighted by molar-refractivity contribution is 5.88. The van der Waals surface area contributed by atoms with Crippen molar-refractivity contribution in [3.63, 3.8) is 0 Å². The first kappa shape index (κ1) is 16.3. The molecule has 2 aromatic heterocycles. The first-order valence-corrected chi connectivity index (χ1v) is 8.11. The highest BCUT2D eigenvalue weighted by Crippen LogP contribution is 2.30. The summed E-state index contributed by atoms with van der Waals surface area (Å²) in [6, 6.07) is 1.95. The Morgan fingerprint density at radius 3 is 3.04 bits per heavy atom. The lowest BCUT2D eigenvalue weighted by Crippen LogP contribution is -2.29. The van der Waals surface area contributed by atoms with Gasteiger partial charge in [-0.25, -0.2) is 5.84 Å². The number of hydrogen-bond acceptors (Lipinski definition) is 8. The van der Waals surface area contributed by atoms with E-state index in [0.717, 1.165) is 29.3 Å². The standard InChI is InChI=1S/C15H24N8O/c16-12(9-23(17)6-1-7-24)20-15-21-13-11(4-5-18-13)14(22-15)19-8-10-2-3-10/h4-5,9-10,24H,1-3,6-8,16-17H2,(H3,18,19,20,21,22)/b12-9+. The predicted molar refractivity (Wildman–Crippen MR) is 93.6 cm³/mol. The van der Waals surface area contributed by atoms with Crippen molar-refractivity contribution in [3.8, 4) is 0 Å². The third-order valence-corrected chi connectivity index (χ3v) is 3.81. The average molecular weight is 332 g/mol. The van der Waals surface area contributed by atoms with Crippen molar-refractivity contribution >= 4 is 22.8 Å². The lowest BCUT2D eigenvalue weighted by molar-refractivity contribution is 0.260. The van der Waals surface area contributed by atoms with Crippen molar-refractivity contribution in [2.24, 2.45) is 17.5 Å². The molecule has 1 aliphatic rings. The van der Waals surface area contributed by atoms with Crippen LogP contribution in [0.2, 0.25) is 0 Å². The van der Waals surface area contributed by atoms with Crippen molar-refractivity contribution in [1.82, 2.24) is 20.0 Å². The molecule has 0 atom stereocenters. The van der Waals surface area contributed by atoms with Gasteiger partial charge in [0.1, 0.15) is 17.3 Å². The number of nitrogens with zero attached hydrogens (tertiary/aromatic N) is 3. The van der Waals surface area contributed by atoms with Crippen molar-refractivity contribution < 1.29 is 5.11 Å². The van der Waals surface area contributed by atoms with Crippen molar-refractivity contribution in [3.05, 3.63) is 24.3 Å². The van der Waals surface area contributed by atoms with Gasteiger partial charge >= 0.3 is 0 Å². The van der Waals surface area contributed by atoms with Crippen LogP contribution in [0, 0.1) is 5.92 Å². The van der Waals surface area contributed by atoms with E-state index in [4.69, 9.17) is 16.7 Å². The summed E-state index contributed by atoms with van der Waals surface area (Å²) >= 11 is 0. The molecular weight excluding hydrogens is 308 g/mol. The maximum atomic E-state index is 8.81. The van der Waals surface area contributed by atoms with Crippen LogP contribution in [-0.4, -0.2) is 44.8 Å². The van der Waals surface area contributed by atoms with Gasteiger partial charge in [0.15, 0.2) is 0 Å². The Hall–Kier alpha value is -2.52. The Bertz CT molecular complexity index is 709. The number of nitrogens with one attached hydrogen (secondary N) is 3. The summed E-state index contributed by atoms with van der Waals surface area (Å²) in [6.07, 6.45) is 6.50. The summed E-state index contributed by atoms with van der Waals surface area (Å²) in [5.74, 6) is 8.03. The third kappa shape index (κ3) is 4.27. The number of aromatic amines is 1. The fraction of sp³-hybridized carbons (Fsp3) is 0.467. The Kier molecular flexibility index (Phi) is 5.02. The maximum Gasteiger partial charge on any atom is 0.232 e. The molecular formula is C15H24N8O. The molecule has 0 aliphatic heterocycles. The molecule has 0 bridgehead atoms. The molecule has 8 N–H and O–H groups in total. The van der Waals surface area contributed by atoms with E-state index in [0.29, 0.717) is 24.7 Å². The van der Waals surface area contributed by atoms with E-state index in [1.54, 1.807) is 6.20 Å². The number of nitrogens with two attached hydrogens (primary N) is 2. The van der Waals surface area contributed by atoms with Gasteiger partial charge in [-0.1, -0.05) is 0 Å². The van der Waals surface area contributed by atoms with Crippen LogP contribution in [0.1, 0.15) is 19.3 Å². The molecule has 0 spiro atoms. The molecule has 1 aliphatic carbocycles. The minimum absolute atomic E-state index is 0.0809. The van der Waals surface area contributed by atoms with E-state index in [9.17, 15) is 0 Å². The summed E-state index contributed by atoms with van der Waals surface area (Å²) in [5.41, 5.74) is 6.67. The van der Waals surface area contributed by atoms with Crippen molar-refractivity contribution in [2.45, 2.75) is 19.3 Å². The van der Waals surface area contributed by atoms with Crippen LogP contribution in [0.15, 0.2) is 24.3 Å². The number of hydrazine groups is 1. The zero-order valence-corrected chi connectivity index (χ0v) is 13.5. The Morgan fingerprint density at radius 2 is 2.29 bits per heavy atom. The molecule has 0 radical (unpaired) electrons. The van der Waals surface area contributed by atoms with E-state index in [1.165, 1.54) is 17.9 Å². The predicted octanol–water partition coefficient (Wildman–Crippen LogP) is 0.507. The number of rotatable bonds is 9. The lowest BCUT2D eigenvalue weighted by atomic mass is 10.3. The second-order valence-electron chi connectivity index (χ2n) is 5.98. The van der Waals surface area contributed by atoms with Gasteiger partial charge in [0, 0.05) is 25.9 Å². The molecule has 9 heteroatoms. The van der Waals surface area contributed by atoms with Crippen LogP contribution in [0.25, 0.3) is 11.0 Å². The molecule has 0 aromatic carbocycles. The van der Waals surface area contributed by atoms with Crippen molar-refractivity contribution in [2.75, 3.05) is 30.3 Å². The summed E-state index contributed by atoms with van der Waals surface area (Å²) in [5, 5.41) is 17.5. The molecule has 2 heterocycles. The van der Waals surface area contributed by atoms with Gasteiger partial charge in [-0.3, -0.25) is 0 Å². The second-order valence-corrected chi connectivity index (χ2v) is 5.98. The minimum atomic E-state index is 0.0809. The zero-order chi connectivity index (χ0) is 16.9. The van der Waals surface area contributed by atoms with Crippen LogP contribution < -0.4 is 22.2 Å². The number of H-pyrrole nitrogens is 1. The summed E-state index contributed by atoms with van der Waals surface area (Å²) in [7, 11) is 0. The van der Waals surface area contributed by atoms with E-state index in [2.05, 4.69) is 25.6 Å². The lowest BCUT2D eigenvalue weighted by Gasteiger charge is -2.15. The highest BCUT2D eigenvalue weighted by atomic mass is 16.3. The summed E-state index contributed by atoms with van der Waals surface area (Å²) in [6.45, 7) is 1.50. The average Bonchev–Trinajstić information content (AvgIpc) is 3.26. The van der Waals surface area contributed by atoms with E-state index >= 15 is 0 Å². The Labute approximate surface area is 140 Å².